The van der Waals surface area contributed by atoms with Gasteiger partial charge in [-0.25, -0.2) is 19.9 Å². The van der Waals surface area contributed by atoms with E-state index in [-0.39, 0.29) is 51.9 Å². The Hall–Kier alpha value is -8.75. The number of amides is 2. The van der Waals surface area contributed by atoms with Crippen LogP contribution in [0.3, 0.4) is 0 Å². The Kier molecular flexibility index (Phi) is 26.6. The van der Waals surface area contributed by atoms with Crippen LogP contribution in [0.4, 0.5) is 46.0 Å². The lowest BCUT2D eigenvalue weighted by Crippen LogP contribution is -2.11. The summed E-state index contributed by atoms with van der Waals surface area (Å²) in [5, 5.41) is 10.6. The third-order valence-electron chi connectivity index (χ3n) is 10.8. The van der Waals surface area contributed by atoms with Crippen molar-refractivity contribution in [2.24, 2.45) is 11.5 Å². The summed E-state index contributed by atoms with van der Waals surface area (Å²) in [7, 11) is 0. The molecule has 18 nitrogen and oxygen atoms in total. The zero-order valence-corrected chi connectivity index (χ0v) is 48.4. The first-order valence-electron chi connectivity index (χ1n) is 23.9. The largest absolute Gasteiger partial charge is 0.398 e. The summed E-state index contributed by atoms with van der Waals surface area (Å²) in [5.41, 5.74) is 30.1. The van der Waals surface area contributed by atoms with E-state index in [2.05, 4.69) is 65.6 Å². The Labute approximate surface area is 503 Å². The van der Waals surface area contributed by atoms with Crippen LogP contribution >= 0.6 is 69.6 Å². The van der Waals surface area contributed by atoms with Gasteiger partial charge in [0.2, 0.25) is 28.3 Å². The molecule has 24 heteroatoms. The molecule has 0 radical (unpaired) electrons. The van der Waals surface area contributed by atoms with E-state index in [0.29, 0.717) is 67.0 Å². The van der Waals surface area contributed by atoms with E-state index < -0.39 is 11.8 Å². The molecule has 0 aliphatic heterocycles. The van der Waals surface area contributed by atoms with E-state index in [4.69, 9.17) is 92.5 Å². The molecule has 82 heavy (non-hydrogen) atoms. The number of carbonyl (C=O) groups excluding carboxylic acids is 5. The van der Waals surface area contributed by atoms with Crippen LogP contribution in [0.5, 0.6) is 0 Å². The monoisotopic (exact) mass is 1220 g/mol. The second-order valence-electron chi connectivity index (χ2n) is 16.8. The van der Waals surface area contributed by atoms with E-state index >= 15 is 0 Å². The molecule has 0 aliphatic carbocycles. The molecule has 0 atom stereocenters. The summed E-state index contributed by atoms with van der Waals surface area (Å²) in [6.07, 6.45) is 8.93. The van der Waals surface area contributed by atoms with Crippen molar-refractivity contribution in [3.8, 4) is 0 Å². The number of primary amides is 2. The number of ketones is 3. The van der Waals surface area contributed by atoms with E-state index in [1.807, 2.05) is 80.6 Å². The third-order valence-corrected chi connectivity index (χ3v) is 12.4. The first-order chi connectivity index (χ1) is 39.0. The van der Waals surface area contributed by atoms with E-state index in [0.717, 1.165) is 33.5 Å². The molecule has 0 aliphatic rings. The van der Waals surface area contributed by atoms with Gasteiger partial charge in [-0.2, -0.15) is 9.97 Å². The zero-order valence-electron chi connectivity index (χ0n) is 43.9. The summed E-state index contributed by atoms with van der Waals surface area (Å²) in [5.74, 6) is -0.0863. The summed E-state index contributed by atoms with van der Waals surface area (Å²) < 4.78 is 0. The van der Waals surface area contributed by atoms with Gasteiger partial charge in [0.25, 0.3) is 0 Å². The standard InChI is InChI=1S/C22H20ClN5O2.C14H11Cl2N3O.C10H11NO.C8H10N2O.C4HCl3N2/c1-3-16(29)10-14-6-4-5-7-18(14)26-21-17(23)12-25-22(28-21)27-19-11-15(20(24)30)9-8-13(19)2;1-2-10(20)7-9-5-3-4-6-12(9)18-13-11(15)8-17-14(16)19-13;1-2-9(12)7-8-5-3-4-6-10(8)11;1-5-2-3-6(8(10)11)4-7(5)9;5-2-1-8-4(7)9-3(2)6/h3-9,11-12H,1,10H2,2H3,(H2,24,30)(H2,25,26,27,28);2-6,8H,1,7H2,(H,17,18,19);2-6H,1,7,11H2;2-4H,9H2,1H3,(H2,10,11);1H. The number of nitrogens with zero attached hydrogens (tertiary/aromatic N) is 6. The molecule has 5 aromatic carbocycles. The van der Waals surface area contributed by atoms with Crippen molar-refractivity contribution in [2.75, 3.05) is 27.4 Å². The second-order valence-corrected chi connectivity index (χ2v) is 19.0. The van der Waals surface area contributed by atoms with Gasteiger partial charge in [-0.3, -0.25) is 24.0 Å². The minimum absolute atomic E-state index is 0.00657. The van der Waals surface area contributed by atoms with Gasteiger partial charge in [0.15, 0.2) is 34.1 Å². The summed E-state index contributed by atoms with van der Waals surface area (Å²) >= 11 is 34.3. The van der Waals surface area contributed by atoms with Crippen LogP contribution < -0.4 is 38.9 Å². The maximum atomic E-state index is 11.8. The highest BCUT2D eigenvalue weighted by Gasteiger charge is 2.14. The molecule has 0 fully saturated rings. The second kappa shape index (κ2) is 33.1. The number of hydrogen-bond donors (Lipinski definition) is 7. The van der Waals surface area contributed by atoms with E-state index in [1.165, 1.54) is 36.8 Å². The molecule has 0 spiro atoms. The summed E-state index contributed by atoms with van der Waals surface area (Å²) in [6, 6.07) is 32.2. The fraction of sp³-hybridized carbons (Fsp3) is 0.0862. The number of rotatable bonds is 17. The third kappa shape index (κ3) is 21.7. The molecule has 0 saturated carbocycles. The predicted molar refractivity (Wildman–Crippen MR) is 330 cm³/mol. The highest BCUT2D eigenvalue weighted by Crippen LogP contribution is 2.29. The summed E-state index contributed by atoms with van der Waals surface area (Å²) in [6.45, 7) is 14.1. The van der Waals surface area contributed by atoms with Crippen molar-refractivity contribution in [1.82, 2.24) is 29.9 Å². The van der Waals surface area contributed by atoms with Crippen molar-refractivity contribution in [1.29, 1.82) is 0 Å². The average molecular weight is 1220 g/mol. The number of halogens is 6. The molecule has 0 bridgehead atoms. The zero-order chi connectivity index (χ0) is 60.5. The highest BCUT2D eigenvalue weighted by atomic mass is 35.5. The molecule has 8 rings (SSSR count). The predicted octanol–water partition coefficient (Wildman–Crippen LogP) is 12.8. The van der Waals surface area contributed by atoms with Crippen LogP contribution in [0.25, 0.3) is 0 Å². The number of nitrogen functional groups attached to an aromatic ring is 2. The van der Waals surface area contributed by atoms with Crippen molar-refractivity contribution in [3.63, 3.8) is 0 Å². The Morgan fingerprint density at radius 3 is 1.38 bits per heavy atom. The number of aryl methyl sites for hydroxylation is 2. The Morgan fingerprint density at radius 2 is 0.902 bits per heavy atom. The van der Waals surface area contributed by atoms with Gasteiger partial charge >= 0.3 is 0 Å². The van der Waals surface area contributed by atoms with Gasteiger partial charge in [0.05, 0.1) is 23.6 Å². The number of nitrogens with one attached hydrogen (secondary N) is 3. The van der Waals surface area contributed by atoms with Crippen molar-refractivity contribution in [2.45, 2.75) is 33.1 Å². The maximum Gasteiger partial charge on any atom is 0.248 e. The van der Waals surface area contributed by atoms with Crippen molar-refractivity contribution >= 4 is 145 Å². The molecule has 0 unspecified atom stereocenters. The van der Waals surface area contributed by atoms with Crippen LogP contribution in [0.15, 0.2) is 166 Å². The van der Waals surface area contributed by atoms with Crippen molar-refractivity contribution in [3.05, 3.63) is 235 Å². The lowest BCUT2D eigenvalue weighted by Gasteiger charge is -2.14. The highest BCUT2D eigenvalue weighted by molar-refractivity contribution is 6.41. The van der Waals surface area contributed by atoms with Crippen molar-refractivity contribution < 1.29 is 24.0 Å². The number of aromatic nitrogens is 6. The minimum atomic E-state index is -0.525. The maximum absolute atomic E-state index is 11.8. The first kappa shape index (κ1) is 65.8. The van der Waals surface area contributed by atoms with Crippen LogP contribution in [-0.4, -0.2) is 59.1 Å². The normalized spacial score (nSPS) is 9.95. The Bertz CT molecular complexity index is 3630. The van der Waals surface area contributed by atoms with Crippen LogP contribution in [0.2, 0.25) is 30.8 Å². The fourth-order valence-corrected chi connectivity index (χ4v) is 7.23. The van der Waals surface area contributed by atoms with E-state index in [9.17, 15) is 24.0 Å². The number of benzene rings is 5. The quantitative estimate of drug-likeness (QED) is 0.0193. The Balaban J connectivity index is 0.000000239. The van der Waals surface area contributed by atoms with Crippen LogP contribution in [0.1, 0.15) is 48.5 Å². The van der Waals surface area contributed by atoms with Gasteiger partial charge in [0.1, 0.15) is 10.0 Å². The van der Waals surface area contributed by atoms with Gasteiger partial charge in [-0.15, -0.1) is 0 Å². The molecular formula is C58H53Cl6N13O5. The smallest absolute Gasteiger partial charge is 0.248 e. The number of allylic oxidation sites excluding steroid dienone is 3. The number of anilines is 8. The van der Waals surface area contributed by atoms with Gasteiger partial charge in [-0.1, -0.05) is 133 Å². The van der Waals surface area contributed by atoms with Crippen LogP contribution in [0, 0.1) is 13.8 Å². The minimum Gasteiger partial charge on any atom is -0.398 e. The van der Waals surface area contributed by atoms with E-state index in [1.54, 1.807) is 42.5 Å². The van der Waals surface area contributed by atoms with Gasteiger partial charge < -0.3 is 38.9 Å². The number of nitrogens with two attached hydrogens (primary N) is 4. The Morgan fingerprint density at radius 1 is 0.476 bits per heavy atom. The lowest BCUT2D eigenvalue weighted by atomic mass is 10.1. The van der Waals surface area contributed by atoms with Crippen LogP contribution in [-0.2, 0) is 33.6 Å². The lowest BCUT2D eigenvalue weighted by molar-refractivity contribution is -0.114. The van der Waals surface area contributed by atoms with Gasteiger partial charge in [-0.05, 0) is 126 Å². The summed E-state index contributed by atoms with van der Waals surface area (Å²) in [4.78, 5) is 79.9. The molecule has 3 aromatic heterocycles. The number of para-hydroxylation sites is 3. The number of carbonyl (C=O) groups is 5. The molecule has 8 aromatic rings. The molecule has 0 saturated heterocycles. The average Bonchev–Trinajstić information content (AvgIpc) is 3.64. The molecule has 11 N–H and O–H groups in total. The number of hydrogen-bond acceptors (Lipinski definition) is 16. The fourth-order valence-electron chi connectivity index (χ4n) is 6.42. The van der Waals surface area contributed by atoms with Gasteiger partial charge in [0, 0.05) is 58.8 Å². The SMILES string of the molecule is C=CC(=O)Cc1ccccc1N.C=CC(=O)Cc1ccccc1Nc1nc(Cl)ncc1Cl.C=CC(=O)Cc1ccccc1Nc1nc(Nc2cc(C(N)=O)ccc2C)ncc1Cl.Cc1ccc(C(N)=O)cc1N.Clc1ncc(Cl)c(Cl)n1. The molecule has 422 valence electrons. The molecular weight excluding hydrogens is 1170 g/mol. The molecule has 3 heterocycles. The topological polar surface area (TPSA) is 303 Å². The molecule has 2 amide bonds. The first-order valence-corrected chi connectivity index (χ1v) is 26.2.